The zero-order chi connectivity index (χ0) is 8.43. The highest BCUT2D eigenvalue weighted by atomic mass is 16.2. The molecule has 1 aliphatic rings. The molecule has 0 bridgehead atoms. The summed E-state index contributed by atoms with van der Waals surface area (Å²) in [5, 5.41) is 4.85. The molecule has 0 radical (unpaired) electrons. The first-order valence-corrected chi connectivity index (χ1v) is 3.70. The summed E-state index contributed by atoms with van der Waals surface area (Å²) >= 11 is 0. The van der Waals surface area contributed by atoms with Crippen LogP contribution in [0.5, 0.6) is 0 Å². The van der Waals surface area contributed by atoms with E-state index in [1.807, 2.05) is 13.8 Å². The van der Waals surface area contributed by atoms with Gasteiger partial charge in [-0.1, -0.05) is 13.8 Å². The fourth-order valence-electron chi connectivity index (χ4n) is 1.04. The van der Waals surface area contributed by atoms with E-state index in [9.17, 15) is 9.59 Å². The van der Waals surface area contributed by atoms with Crippen LogP contribution in [0.25, 0.3) is 0 Å². The Morgan fingerprint density at radius 2 is 2.09 bits per heavy atom. The number of carbonyl (C=O) groups excluding carboxylic acids is 2. The molecule has 0 unspecified atom stereocenters. The van der Waals surface area contributed by atoms with Crippen LogP contribution in [-0.4, -0.2) is 18.0 Å². The summed E-state index contributed by atoms with van der Waals surface area (Å²) < 4.78 is 0. The highest BCUT2D eigenvalue weighted by Crippen LogP contribution is 2.08. The van der Waals surface area contributed by atoms with Crippen molar-refractivity contribution in [3.05, 3.63) is 0 Å². The maximum Gasteiger partial charge on any atom is 0.321 e. The second kappa shape index (κ2) is 2.90. The zero-order valence-electron chi connectivity index (χ0n) is 6.68. The maximum atomic E-state index is 10.8. The Morgan fingerprint density at radius 3 is 2.55 bits per heavy atom. The van der Waals surface area contributed by atoms with Crippen molar-refractivity contribution in [2.24, 2.45) is 5.92 Å². The van der Waals surface area contributed by atoms with Crippen molar-refractivity contribution in [1.82, 2.24) is 10.6 Å². The summed E-state index contributed by atoms with van der Waals surface area (Å²) in [4.78, 5) is 21.6. The lowest BCUT2D eigenvalue weighted by molar-refractivity contribution is -0.121. The number of hydrogen-bond acceptors (Lipinski definition) is 2. The molecule has 11 heavy (non-hydrogen) atoms. The minimum absolute atomic E-state index is 0.00347. The van der Waals surface area contributed by atoms with Crippen LogP contribution in [0, 0.1) is 5.92 Å². The molecule has 1 rings (SSSR count). The van der Waals surface area contributed by atoms with Crippen LogP contribution < -0.4 is 10.6 Å². The Bertz CT molecular complexity index is 173. The van der Waals surface area contributed by atoms with Gasteiger partial charge in [0.1, 0.15) is 0 Å². The molecule has 1 atom stereocenters. The molecule has 4 nitrogen and oxygen atoms in total. The molecule has 0 spiro atoms. The molecule has 1 fully saturated rings. The van der Waals surface area contributed by atoms with Gasteiger partial charge in [-0.25, -0.2) is 4.79 Å². The summed E-state index contributed by atoms with van der Waals surface area (Å²) in [7, 11) is 0. The fourth-order valence-corrected chi connectivity index (χ4v) is 1.04. The quantitative estimate of drug-likeness (QED) is 0.571. The molecule has 2 N–H and O–H groups in total. The van der Waals surface area contributed by atoms with Crippen LogP contribution in [-0.2, 0) is 4.79 Å². The van der Waals surface area contributed by atoms with Gasteiger partial charge in [0.05, 0.1) is 0 Å². The van der Waals surface area contributed by atoms with E-state index in [1.54, 1.807) is 0 Å². The third kappa shape index (κ3) is 1.93. The number of amides is 3. The van der Waals surface area contributed by atoms with Crippen LogP contribution >= 0.6 is 0 Å². The lowest BCUT2D eigenvalue weighted by Crippen LogP contribution is -2.53. The van der Waals surface area contributed by atoms with Gasteiger partial charge < -0.3 is 5.32 Å². The predicted octanol–water partition coefficient (Wildman–Crippen LogP) is 0.241. The smallest absolute Gasteiger partial charge is 0.321 e. The molecule has 3 amide bonds. The van der Waals surface area contributed by atoms with E-state index < -0.39 is 0 Å². The minimum atomic E-state index is -0.375. The van der Waals surface area contributed by atoms with Crippen molar-refractivity contribution in [1.29, 1.82) is 0 Å². The molecular weight excluding hydrogens is 144 g/mol. The highest BCUT2D eigenvalue weighted by Gasteiger charge is 2.25. The number of hydrogen-bond donors (Lipinski definition) is 2. The maximum absolute atomic E-state index is 10.8. The van der Waals surface area contributed by atoms with Gasteiger partial charge >= 0.3 is 6.03 Å². The van der Waals surface area contributed by atoms with Gasteiger partial charge in [-0.15, -0.1) is 0 Å². The van der Waals surface area contributed by atoms with Gasteiger partial charge in [-0.3, -0.25) is 10.1 Å². The number of imide groups is 1. The fraction of sp³-hybridized carbons (Fsp3) is 0.714. The second-order valence-corrected chi connectivity index (χ2v) is 3.08. The summed E-state index contributed by atoms with van der Waals surface area (Å²) in [6.07, 6.45) is 0.392. The monoisotopic (exact) mass is 156 g/mol. The van der Waals surface area contributed by atoms with Gasteiger partial charge in [0.2, 0.25) is 5.91 Å². The number of urea groups is 1. The number of nitrogens with one attached hydrogen (secondary N) is 2. The Morgan fingerprint density at radius 1 is 1.45 bits per heavy atom. The molecule has 62 valence electrons. The van der Waals surface area contributed by atoms with E-state index in [1.165, 1.54) is 0 Å². The Balaban J connectivity index is 2.56. The van der Waals surface area contributed by atoms with Crippen molar-refractivity contribution in [3.8, 4) is 0 Å². The average Bonchev–Trinajstić information content (AvgIpc) is 1.85. The van der Waals surface area contributed by atoms with Crippen molar-refractivity contribution in [2.45, 2.75) is 26.3 Å². The Labute approximate surface area is 65.3 Å². The van der Waals surface area contributed by atoms with E-state index in [0.717, 1.165) is 0 Å². The third-order valence-corrected chi connectivity index (χ3v) is 1.78. The SMILES string of the molecule is CC(C)[C@@H]1CC(=O)NC(=O)N1. The number of rotatable bonds is 1. The molecule has 0 saturated carbocycles. The van der Waals surface area contributed by atoms with Crippen LogP contribution in [0.15, 0.2) is 0 Å². The number of carbonyl (C=O) groups is 2. The molecule has 0 aromatic carbocycles. The van der Waals surface area contributed by atoms with Crippen LogP contribution in [0.4, 0.5) is 4.79 Å². The van der Waals surface area contributed by atoms with E-state index in [4.69, 9.17) is 0 Å². The Kier molecular flexibility index (Phi) is 2.12. The van der Waals surface area contributed by atoms with E-state index in [-0.39, 0.29) is 18.0 Å². The van der Waals surface area contributed by atoms with Crippen LogP contribution in [0.2, 0.25) is 0 Å². The van der Waals surface area contributed by atoms with Gasteiger partial charge in [-0.05, 0) is 5.92 Å². The molecule has 4 heteroatoms. The van der Waals surface area contributed by atoms with Gasteiger partial charge in [0.15, 0.2) is 0 Å². The lowest BCUT2D eigenvalue weighted by atomic mass is 10.00. The third-order valence-electron chi connectivity index (χ3n) is 1.78. The largest absolute Gasteiger partial charge is 0.334 e. The highest BCUT2D eigenvalue weighted by molar-refractivity contribution is 5.97. The van der Waals surface area contributed by atoms with Crippen molar-refractivity contribution >= 4 is 11.9 Å². The normalized spacial score (nSPS) is 24.8. The zero-order valence-corrected chi connectivity index (χ0v) is 6.68. The molecule has 0 aromatic rings. The minimum Gasteiger partial charge on any atom is -0.334 e. The van der Waals surface area contributed by atoms with Crippen molar-refractivity contribution in [2.75, 3.05) is 0 Å². The van der Waals surface area contributed by atoms with Crippen molar-refractivity contribution in [3.63, 3.8) is 0 Å². The molecular formula is C7H12N2O2. The first-order chi connectivity index (χ1) is 5.09. The van der Waals surface area contributed by atoms with Gasteiger partial charge in [0, 0.05) is 12.5 Å². The van der Waals surface area contributed by atoms with Crippen LogP contribution in [0.3, 0.4) is 0 Å². The topological polar surface area (TPSA) is 58.2 Å². The van der Waals surface area contributed by atoms with E-state index in [2.05, 4.69) is 10.6 Å². The Hall–Kier alpha value is -1.06. The summed E-state index contributed by atoms with van der Waals surface area (Å²) in [6.45, 7) is 3.95. The van der Waals surface area contributed by atoms with Gasteiger partial charge in [0.25, 0.3) is 0 Å². The predicted molar refractivity (Wildman–Crippen MR) is 39.9 cm³/mol. The van der Waals surface area contributed by atoms with Gasteiger partial charge in [-0.2, -0.15) is 0 Å². The molecule has 0 aliphatic carbocycles. The van der Waals surface area contributed by atoms with Crippen molar-refractivity contribution < 1.29 is 9.59 Å². The lowest BCUT2D eigenvalue weighted by Gasteiger charge is -2.25. The summed E-state index contributed by atoms with van der Waals surface area (Å²) in [5.74, 6) is 0.123. The first kappa shape index (κ1) is 8.04. The molecule has 1 saturated heterocycles. The average molecular weight is 156 g/mol. The van der Waals surface area contributed by atoms with E-state index >= 15 is 0 Å². The summed E-state index contributed by atoms with van der Waals surface area (Å²) in [6, 6.07) is -0.379. The molecule has 0 aromatic heterocycles. The summed E-state index contributed by atoms with van der Waals surface area (Å²) in [5.41, 5.74) is 0. The molecule has 1 heterocycles. The first-order valence-electron chi connectivity index (χ1n) is 3.70. The second-order valence-electron chi connectivity index (χ2n) is 3.08. The van der Waals surface area contributed by atoms with Crippen LogP contribution in [0.1, 0.15) is 20.3 Å². The molecule has 1 aliphatic heterocycles. The van der Waals surface area contributed by atoms with E-state index in [0.29, 0.717) is 12.3 Å². The standard InChI is InChI=1S/C7H12N2O2/c1-4(2)5-3-6(10)9-7(11)8-5/h4-5H,3H2,1-2H3,(H2,8,9,10,11)/t5-/m0/s1.